The van der Waals surface area contributed by atoms with Crippen molar-refractivity contribution in [3.8, 4) is 0 Å². The van der Waals surface area contributed by atoms with E-state index in [2.05, 4.69) is 19.9 Å². The van der Waals surface area contributed by atoms with E-state index >= 15 is 0 Å². The van der Waals surface area contributed by atoms with Crippen molar-refractivity contribution in [2.24, 2.45) is 0 Å². The lowest BCUT2D eigenvalue weighted by Crippen LogP contribution is -2.30. The van der Waals surface area contributed by atoms with Crippen LogP contribution in [0.3, 0.4) is 0 Å². The second-order valence-corrected chi connectivity index (χ2v) is 8.11. The fraction of sp³-hybridized carbons (Fsp3) is 0.222. The Bertz CT molecular complexity index is 966. The van der Waals surface area contributed by atoms with E-state index < -0.39 is 10.0 Å². The van der Waals surface area contributed by atoms with Crippen LogP contribution in [-0.2, 0) is 10.0 Å². The number of hydrogen-bond acceptors (Lipinski definition) is 4. The first kappa shape index (κ1) is 18.6. The third kappa shape index (κ3) is 3.95. The summed E-state index contributed by atoms with van der Waals surface area (Å²) in [6, 6.07) is 12.9. The number of aromatic amines is 1. The van der Waals surface area contributed by atoms with Crippen LogP contribution in [-0.4, -0.2) is 30.1 Å². The van der Waals surface area contributed by atoms with Crippen molar-refractivity contribution in [1.29, 1.82) is 0 Å². The first-order valence-electron chi connectivity index (χ1n) is 8.06. The van der Waals surface area contributed by atoms with E-state index in [4.69, 9.17) is 11.6 Å². The molecule has 3 aromatic rings. The van der Waals surface area contributed by atoms with Gasteiger partial charge >= 0.3 is 0 Å². The summed E-state index contributed by atoms with van der Waals surface area (Å²) in [7, 11) is -3.70. The Morgan fingerprint density at radius 1 is 1.15 bits per heavy atom. The van der Waals surface area contributed by atoms with Crippen LogP contribution >= 0.6 is 11.6 Å². The molecule has 26 heavy (non-hydrogen) atoms. The molecule has 0 aliphatic rings. The van der Waals surface area contributed by atoms with E-state index in [0.29, 0.717) is 16.4 Å². The molecule has 136 valence electrons. The summed E-state index contributed by atoms with van der Waals surface area (Å²) in [6.45, 7) is 3.52. The molecular weight excluding hydrogens is 372 g/mol. The van der Waals surface area contributed by atoms with Crippen LogP contribution in [0.15, 0.2) is 53.6 Å². The van der Waals surface area contributed by atoms with Gasteiger partial charge in [0.2, 0.25) is 10.0 Å². The van der Waals surface area contributed by atoms with Gasteiger partial charge in [-0.15, -0.1) is 0 Å². The van der Waals surface area contributed by atoms with E-state index in [1.54, 1.807) is 32.2 Å². The number of nitrogens with one attached hydrogen (secondary N) is 2. The average Bonchev–Trinajstić information content (AvgIpc) is 2.97. The summed E-state index contributed by atoms with van der Waals surface area (Å²) in [4.78, 5) is 4.58. The Morgan fingerprint density at radius 3 is 2.46 bits per heavy atom. The van der Waals surface area contributed by atoms with Gasteiger partial charge in [0.05, 0.1) is 11.4 Å². The monoisotopic (exact) mass is 390 g/mol. The molecule has 0 fully saturated rings. The number of pyridine rings is 1. The molecule has 0 saturated carbocycles. The number of sulfonamides is 1. The SMILES string of the molecule is Cc1n[nH]c(C)c1S(=O)(=O)NCC(c1ccc(Cl)cc1)c1ccccn1. The van der Waals surface area contributed by atoms with E-state index in [-0.39, 0.29) is 17.4 Å². The van der Waals surface area contributed by atoms with Gasteiger partial charge in [-0.25, -0.2) is 13.1 Å². The van der Waals surface area contributed by atoms with Crippen LogP contribution in [0.1, 0.15) is 28.6 Å². The van der Waals surface area contributed by atoms with Crippen molar-refractivity contribution in [3.05, 3.63) is 76.3 Å². The molecule has 1 unspecified atom stereocenters. The number of hydrogen-bond donors (Lipinski definition) is 2. The van der Waals surface area contributed by atoms with Gasteiger partial charge in [0.15, 0.2) is 0 Å². The van der Waals surface area contributed by atoms with E-state index in [0.717, 1.165) is 11.3 Å². The largest absolute Gasteiger partial charge is 0.281 e. The number of benzene rings is 1. The molecule has 2 N–H and O–H groups in total. The normalized spacial score (nSPS) is 12.9. The average molecular weight is 391 g/mol. The van der Waals surface area contributed by atoms with E-state index in [1.807, 2.05) is 30.3 Å². The van der Waals surface area contributed by atoms with Gasteiger partial charge in [0.1, 0.15) is 4.90 Å². The van der Waals surface area contributed by atoms with E-state index in [9.17, 15) is 8.42 Å². The Morgan fingerprint density at radius 2 is 1.88 bits per heavy atom. The highest BCUT2D eigenvalue weighted by atomic mass is 35.5. The highest BCUT2D eigenvalue weighted by Gasteiger charge is 2.24. The molecule has 0 aliphatic heterocycles. The summed E-state index contributed by atoms with van der Waals surface area (Å²) in [6.07, 6.45) is 1.69. The fourth-order valence-corrected chi connectivity index (χ4v) is 4.41. The third-order valence-corrected chi connectivity index (χ3v) is 6.06. The predicted octanol–water partition coefficient (Wildman–Crippen LogP) is 3.19. The zero-order chi connectivity index (χ0) is 18.7. The molecule has 2 heterocycles. The molecule has 0 aliphatic carbocycles. The summed E-state index contributed by atoms with van der Waals surface area (Å²) in [5.41, 5.74) is 2.65. The van der Waals surface area contributed by atoms with Crippen molar-refractivity contribution in [3.63, 3.8) is 0 Å². The van der Waals surface area contributed by atoms with Crippen LogP contribution in [0.4, 0.5) is 0 Å². The predicted molar refractivity (Wildman–Crippen MR) is 101 cm³/mol. The highest BCUT2D eigenvalue weighted by molar-refractivity contribution is 7.89. The van der Waals surface area contributed by atoms with E-state index in [1.165, 1.54) is 0 Å². The summed E-state index contributed by atoms with van der Waals surface area (Å²) in [5, 5.41) is 7.29. The first-order valence-corrected chi connectivity index (χ1v) is 9.92. The molecule has 1 atom stereocenters. The van der Waals surface area contributed by atoms with Crippen molar-refractivity contribution < 1.29 is 8.42 Å². The maximum absolute atomic E-state index is 12.7. The molecule has 2 aromatic heterocycles. The van der Waals surface area contributed by atoms with Crippen LogP contribution in [0.5, 0.6) is 0 Å². The Balaban J connectivity index is 1.90. The van der Waals surface area contributed by atoms with Crippen LogP contribution in [0, 0.1) is 13.8 Å². The molecule has 3 rings (SSSR count). The van der Waals surface area contributed by atoms with Crippen LogP contribution in [0.2, 0.25) is 5.02 Å². The molecule has 0 amide bonds. The Labute approximate surface area is 157 Å². The fourth-order valence-electron chi connectivity index (χ4n) is 2.87. The number of aryl methyl sites for hydroxylation is 2. The van der Waals surface area contributed by atoms with Gasteiger partial charge < -0.3 is 0 Å². The van der Waals surface area contributed by atoms with Crippen molar-refractivity contribution in [1.82, 2.24) is 19.9 Å². The number of rotatable bonds is 6. The lowest BCUT2D eigenvalue weighted by atomic mass is 9.95. The minimum Gasteiger partial charge on any atom is -0.281 e. The van der Waals surface area contributed by atoms with Gasteiger partial charge in [-0.05, 0) is 43.7 Å². The minimum absolute atomic E-state index is 0.172. The first-order chi connectivity index (χ1) is 12.4. The van der Waals surface area contributed by atoms with Crippen molar-refractivity contribution in [2.75, 3.05) is 6.54 Å². The number of halogens is 1. The quantitative estimate of drug-likeness (QED) is 0.676. The van der Waals surface area contributed by atoms with Crippen LogP contribution in [0.25, 0.3) is 0 Å². The number of nitrogens with zero attached hydrogens (tertiary/aromatic N) is 2. The molecular formula is C18H19ClN4O2S. The Kier molecular flexibility index (Phi) is 5.41. The second-order valence-electron chi connectivity index (χ2n) is 5.97. The molecule has 0 saturated heterocycles. The zero-order valence-corrected chi connectivity index (χ0v) is 16.0. The molecule has 1 aromatic carbocycles. The van der Waals surface area contributed by atoms with Gasteiger partial charge in [-0.3, -0.25) is 10.1 Å². The van der Waals surface area contributed by atoms with Gasteiger partial charge in [-0.1, -0.05) is 29.8 Å². The molecule has 6 nitrogen and oxygen atoms in total. The highest BCUT2D eigenvalue weighted by Crippen LogP contribution is 2.25. The maximum Gasteiger partial charge on any atom is 0.244 e. The summed E-state index contributed by atoms with van der Waals surface area (Å²) >= 11 is 5.98. The summed E-state index contributed by atoms with van der Waals surface area (Å²) < 4.78 is 28.2. The topological polar surface area (TPSA) is 87.7 Å². The van der Waals surface area contributed by atoms with Crippen molar-refractivity contribution in [2.45, 2.75) is 24.7 Å². The van der Waals surface area contributed by atoms with Gasteiger partial charge in [0, 0.05) is 29.4 Å². The third-order valence-electron chi connectivity index (χ3n) is 4.12. The standard InChI is InChI=1S/C18H19ClN4O2S/c1-12-18(13(2)23-22-12)26(24,25)21-11-16(17-5-3-4-10-20-17)14-6-8-15(19)9-7-14/h3-10,16,21H,11H2,1-2H3,(H,22,23). The number of aromatic nitrogens is 3. The van der Waals surface area contributed by atoms with Gasteiger partial charge in [0.25, 0.3) is 0 Å². The lowest BCUT2D eigenvalue weighted by molar-refractivity contribution is 0.575. The van der Waals surface area contributed by atoms with Crippen LogP contribution < -0.4 is 4.72 Å². The Hall–Kier alpha value is -2.22. The van der Waals surface area contributed by atoms with Gasteiger partial charge in [-0.2, -0.15) is 5.10 Å². The lowest BCUT2D eigenvalue weighted by Gasteiger charge is -2.18. The second kappa shape index (κ2) is 7.57. The zero-order valence-electron chi connectivity index (χ0n) is 14.4. The minimum atomic E-state index is -3.70. The van der Waals surface area contributed by atoms with Crippen molar-refractivity contribution >= 4 is 21.6 Å². The molecule has 0 bridgehead atoms. The smallest absolute Gasteiger partial charge is 0.244 e. The maximum atomic E-state index is 12.7. The molecule has 0 radical (unpaired) electrons. The molecule has 8 heteroatoms. The molecule has 0 spiro atoms. The summed E-state index contributed by atoms with van der Waals surface area (Å²) in [5.74, 6) is -0.240. The number of H-pyrrole nitrogens is 1.